The molecule has 1 atom stereocenters. The molecule has 0 saturated heterocycles. The summed E-state index contributed by atoms with van der Waals surface area (Å²) in [6.45, 7) is 5.04. The summed E-state index contributed by atoms with van der Waals surface area (Å²) in [6, 6.07) is 7.20. The minimum Gasteiger partial charge on any atom is -0.493 e. The Balaban J connectivity index is 2.05. The molecule has 0 heterocycles. The number of carbonyl (C=O) groups is 2. The summed E-state index contributed by atoms with van der Waals surface area (Å²) in [5, 5.41) is 2.24. The average molecular weight is 393 g/mol. The van der Waals surface area contributed by atoms with Gasteiger partial charge in [0.2, 0.25) is 0 Å². The van der Waals surface area contributed by atoms with Crippen LogP contribution in [0.3, 0.4) is 0 Å². The van der Waals surface area contributed by atoms with Crippen molar-refractivity contribution in [2.45, 2.75) is 33.0 Å². The first-order valence-corrected chi connectivity index (χ1v) is 8.53. The zero-order valence-corrected chi connectivity index (χ0v) is 15.9. The van der Waals surface area contributed by atoms with E-state index in [-0.39, 0.29) is 17.4 Å². The number of amides is 1. The molecule has 0 aromatic heterocycles. The Morgan fingerprint density at radius 3 is 2.32 bits per heavy atom. The predicted octanol–water partition coefficient (Wildman–Crippen LogP) is 3.94. The van der Waals surface area contributed by atoms with Crippen LogP contribution in [0.1, 0.15) is 31.1 Å². The maximum absolute atomic E-state index is 13.6. The lowest BCUT2D eigenvalue weighted by Crippen LogP contribution is -2.30. The molecular formula is C20H21F2NO5. The molecule has 2 aromatic rings. The smallest absolute Gasteiger partial charge is 0.339 e. The van der Waals surface area contributed by atoms with Gasteiger partial charge in [-0.1, -0.05) is 0 Å². The summed E-state index contributed by atoms with van der Waals surface area (Å²) in [4.78, 5) is 24.4. The predicted molar refractivity (Wildman–Crippen MR) is 98.6 cm³/mol. The molecule has 1 N–H and O–H groups in total. The molecule has 0 aliphatic heterocycles. The van der Waals surface area contributed by atoms with E-state index in [4.69, 9.17) is 14.2 Å². The molecule has 2 aromatic carbocycles. The van der Waals surface area contributed by atoms with Gasteiger partial charge in [-0.05, 0) is 51.1 Å². The molecular weight excluding hydrogens is 372 g/mol. The van der Waals surface area contributed by atoms with Gasteiger partial charge in [-0.2, -0.15) is 0 Å². The molecule has 28 heavy (non-hydrogen) atoms. The highest BCUT2D eigenvalue weighted by Crippen LogP contribution is 2.29. The zero-order chi connectivity index (χ0) is 20.8. The van der Waals surface area contributed by atoms with Gasteiger partial charge in [-0.25, -0.2) is 13.6 Å². The molecule has 0 saturated carbocycles. The Morgan fingerprint density at radius 1 is 1.00 bits per heavy atom. The van der Waals surface area contributed by atoms with Gasteiger partial charge < -0.3 is 19.5 Å². The minimum absolute atomic E-state index is 0.0812. The third-order valence-electron chi connectivity index (χ3n) is 3.60. The fourth-order valence-corrected chi connectivity index (χ4v) is 2.25. The van der Waals surface area contributed by atoms with E-state index in [1.54, 1.807) is 6.07 Å². The Hall–Kier alpha value is -3.16. The average Bonchev–Trinajstić information content (AvgIpc) is 2.63. The van der Waals surface area contributed by atoms with Crippen molar-refractivity contribution in [2.24, 2.45) is 0 Å². The van der Waals surface area contributed by atoms with E-state index in [0.29, 0.717) is 17.6 Å². The lowest BCUT2D eigenvalue weighted by atomic mass is 10.2. The Labute approximate surface area is 161 Å². The number of hydrogen-bond donors (Lipinski definition) is 1. The van der Waals surface area contributed by atoms with Gasteiger partial charge in [0.05, 0.1) is 24.5 Å². The van der Waals surface area contributed by atoms with Crippen molar-refractivity contribution in [3.8, 4) is 11.5 Å². The van der Waals surface area contributed by atoms with Crippen LogP contribution >= 0.6 is 0 Å². The van der Waals surface area contributed by atoms with Crippen LogP contribution in [0.4, 0.5) is 14.5 Å². The first-order valence-electron chi connectivity index (χ1n) is 8.53. The van der Waals surface area contributed by atoms with Crippen LogP contribution in [0, 0.1) is 11.6 Å². The summed E-state index contributed by atoms with van der Waals surface area (Å²) >= 11 is 0. The van der Waals surface area contributed by atoms with E-state index in [0.717, 1.165) is 12.1 Å². The first-order chi connectivity index (χ1) is 13.2. The van der Waals surface area contributed by atoms with Crippen LogP contribution < -0.4 is 14.8 Å². The van der Waals surface area contributed by atoms with Crippen LogP contribution in [0.15, 0.2) is 36.4 Å². The fraction of sp³-hybridized carbons (Fsp3) is 0.300. The van der Waals surface area contributed by atoms with E-state index < -0.39 is 29.6 Å². The van der Waals surface area contributed by atoms with E-state index in [2.05, 4.69) is 5.32 Å². The number of methoxy groups -OCH3 is 1. The van der Waals surface area contributed by atoms with Crippen molar-refractivity contribution >= 4 is 17.6 Å². The number of ether oxygens (including phenoxy) is 3. The molecule has 0 fully saturated rings. The van der Waals surface area contributed by atoms with Crippen molar-refractivity contribution in [1.29, 1.82) is 0 Å². The van der Waals surface area contributed by atoms with Crippen molar-refractivity contribution in [1.82, 2.24) is 0 Å². The second kappa shape index (κ2) is 9.16. The molecule has 1 amide bonds. The maximum atomic E-state index is 13.6. The van der Waals surface area contributed by atoms with Crippen molar-refractivity contribution in [3.63, 3.8) is 0 Å². The largest absolute Gasteiger partial charge is 0.493 e. The lowest BCUT2D eigenvalue weighted by molar-refractivity contribution is -0.123. The van der Waals surface area contributed by atoms with Gasteiger partial charge in [-0.3, -0.25) is 4.79 Å². The van der Waals surface area contributed by atoms with Gasteiger partial charge in [-0.15, -0.1) is 0 Å². The Kier molecular flexibility index (Phi) is 6.92. The van der Waals surface area contributed by atoms with Crippen LogP contribution in [-0.2, 0) is 9.53 Å². The lowest BCUT2D eigenvalue weighted by Gasteiger charge is -2.16. The molecule has 8 heteroatoms. The highest BCUT2D eigenvalue weighted by Gasteiger charge is 2.21. The quantitative estimate of drug-likeness (QED) is 0.721. The van der Waals surface area contributed by atoms with E-state index in [1.165, 1.54) is 26.2 Å². The highest BCUT2D eigenvalue weighted by molar-refractivity contribution is 5.97. The molecule has 0 radical (unpaired) electrons. The van der Waals surface area contributed by atoms with Gasteiger partial charge in [0.1, 0.15) is 11.6 Å². The third kappa shape index (κ3) is 5.42. The second-order valence-electron chi connectivity index (χ2n) is 6.19. The SMILES string of the molecule is COc1cc(C(=O)OC(C)C(=O)Nc2ccc(F)cc2F)ccc1OC(C)C. The molecule has 2 rings (SSSR count). The fourth-order valence-electron chi connectivity index (χ4n) is 2.25. The Bertz CT molecular complexity index is 870. The van der Waals surface area contributed by atoms with E-state index >= 15 is 0 Å². The summed E-state index contributed by atoms with van der Waals surface area (Å²) in [6.07, 6.45) is -1.29. The summed E-state index contributed by atoms with van der Waals surface area (Å²) in [5.74, 6) is -2.42. The number of anilines is 1. The van der Waals surface area contributed by atoms with Gasteiger partial charge in [0.25, 0.3) is 5.91 Å². The van der Waals surface area contributed by atoms with Crippen LogP contribution in [0.5, 0.6) is 11.5 Å². The van der Waals surface area contributed by atoms with Gasteiger partial charge in [0.15, 0.2) is 17.6 Å². The van der Waals surface area contributed by atoms with Crippen LogP contribution in [-0.4, -0.2) is 31.2 Å². The summed E-state index contributed by atoms with van der Waals surface area (Å²) in [7, 11) is 1.44. The molecule has 150 valence electrons. The second-order valence-corrected chi connectivity index (χ2v) is 6.19. The molecule has 1 unspecified atom stereocenters. The molecule has 0 aliphatic carbocycles. The van der Waals surface area contributed by atoms with Crippen LogP contribution in [0.2, 0.25) is 0 Å². The minimum atomic E-state index is -1.21. The van der Waals surface area contributed by atoms with E-state index in [1.807, 2.05) is 13.8 Å². The number of esters is 1. The van der Waals surface area contributed by atoms with Crippen molar-refractivity contribution in [3.05, 3.63) is 53.6 Å². The third-order valence-corrected chi connectivity index (χ3v) is 3.60. The molecule has 0 bridgehead atoms. The first kappa shape index (κ1) is 21.1. The van der Waals surface area contributed by atoms with Gasteiger partial charge >= 0.3 is 5.97 Å². The molecule has 0 spiro atoms. The molecule has 6 nitrogen and oxygen atoms in total. The number of hydrogen-bond acceptors (Lipinski definition) is 5. The van der Waals surface area contributed by atoms with Crippen molar-refractivity contribution in [2.75, 3.05) is 12.4 Å². The number of benzene rings is 2. The van der Waals surface area contributed by atoms with Crippen molar-refractivity contribution < 1.29 is 32.6 Å². The Morgan fingerprint density at radius 2 is 1.71 bits per heavy atom. The summed E-state index contributed by atoms with van der Waals surface area (Å²) < 4.78 is 42.4. The molecule has 0 aliphatic rings. The standard InChI is InChI=1S/C20H21F2NO5/c1-11(2)27-17-8-5-13(9-18(17)26-4)20(25)28-12(3)19(24)23-16-7-6-14(21)10-15(16)22/h5-12H,1-4H3,(H,23,24). The number of nitrogens with one attached hydrogen (secondary N) is 1. The van der Waals surface area contributed by atoms with E-state index in [9.17, 15) is 18.4 Å². The number of halogens is 2. The van der Waals surface area contributed by atoms with Gasteiger partial charge in [0, 0.05) is 6.07 Å². The normalized spacial score (nSPS) is 11.7. The maximum Gasteiger partial charge on any atom is 0.339 e. The highest BCUT2D eigenvalue weighted by atomic mass is 19.1. The number of rotatable bonds is 7. The monoisotopic (exact) mass is 393 g/mol. The zero-order valence-electron chi connectivity index (χ0n) is 15.9. The number of carbonyl (C=O) groups excluding carboxylic acids is 2. The van der Waals surface area contributed by atoms with Crippen LogP contribution in [0.25, 0.3) is 0 Å². The topological polar surface area (TPSA) is 73.9 Å². The summed E-state index contributed by atoms with van der Waals surface area (Å²) in [5.41, 5.74) is -0.0632.